The summed E-state index contributed by atoms with van der Waals surface area (Å²) in [5.41, 5.74) is 5.19. The van der Waals surface area contributed by atoms with E-state index in [0.29, 0.717) is 6.04 Å². The van der Waals surface area contributed by atoms with Crippen LogP contribution < -0.4 is 11.1 Å². The molecule has 0 radical (unpaired) electrons. The fraction of sp³-hybridized carbons (Fsp3) is 0.750. The lowest BCUT2D eigenvalue weighted by Crippen LogP contribution is -2.35. The normalized spacial score (nSPS) is 26.6. The van der Waals surface area contributed by atoms with Crippen LogP contribution in [0, 0.1) is 0 Å². The van der Waals surface area contributed by atoms with E-state index in [9.17, 15) is 4.79 Å². The molecule has 3 atom stereocenters. The number of nitrogens with two attached hydrogens (primary N) is 1. The predicted molar refractivity (Wildman–Crippen MR) is 64.0 cm³/mol. The van der Waals surface area contributed by atoms with Crippen molar-refractivity contribution in [3.63, 3.8) is 0 Å². The monoisotopic (exact) mass is 226 g/mol. The maximum absolute atomic E-state index is 10.9. The van der Waals surface area contributed by atoms with Crippen molar-refractivity contribution in [3.8, 4) is 0 Å². The van der Waals surface area contributed by atoms with Gasteiger partial charge in [-0.05, 0) is 32.6 Å². The molecule has 1 amide bonds. The number of carbonyl (C=O) groups excluding carboxylic acids is 1. The summed E-state index contributed by atoms with van der Waals surface area (Å²) in [6.45, 7) is 6.63. The zero-order chi connectivity index (χ0) is 12.0. The van der Waals surface area contributed by atoms with Gasteiger partial charge in [-0.15, -0.1) is 6.58 Å². The SMILES string of the molecule is C=CCCC(C)NCC1CCC(C(N)=O)O1. The average molecular weight is 226 g/mol. The maximum Gasteiger partial charge on any atom is 0.246 e. The van der Waals surface area contributed by atoms with E-state index >= 15 is 0 Å². The summed E-state index contributed by atoms with van der Waals surface area (Å²) in [7, 11) is 0. The van der Waals surface area contributed by atoms with Crippen LogP contribution >= 0.6 is 0 Å². The highest BCUT2D eigenvalue weighted by Gasteiger charge is 2.28. The molecule has 3 unspecified atom stereocenters. The molecule has 16 heavy (non-hydrogen) atoms. The summed E-state index contributed by atoms with van der Waals surface area (Å²) >= 11 is 0. The number of rotatable bonds is 7. The van der Waals surface area contributed by atoms with Crippen molar-refractivity contribution in [3.05, 3.63) is 12.7 Å². The lowest BCUT2D eigenvalue weighted by Gasteiger charge is -2.17. The highest BCUT2D eigenvalue weighted by molar-refractivity contribution is 5.79. The highest BCUT2D eigenvalue weighted by Crippen LogP contribution is 2.18. The lowest BCUT2D eigenvalue weighted by atomic mass is 10.1. The van der Waals surface area contributed by atoms with Crippen molar-refractivity contribution < 1.29 is 9.53 Å². The van der Waals surface area contributed by atoms with Crippen LogP contribution in [0.1, 0.15) is 32.6 Å². The second-order valence-electron chi connectivity index (χ2n) is 4.40. The minimum atomic E-state index is -0.379. The van der Waals surface area contributed by atoms with Crippen molar-refractivity contribution >= 4 is 5.91 Å². The van der Waals surface area contributed by atoms with Crippen molar-refractivity contribution in [2.75, 3.05) is 6.54 Å². The molecule has 0 aromatic carbocycles. The molecule has 0 aromatic heterocycles. The standard InChI is InChI=1S/C12H22N2O2/c1-3-4-5-9(2)14-8-10-6-7-11(16-10)12(13)15/h3,9-11,14H,1,4-8H2,2H3,(H2,13,15). The van der Waals surface area contributed by atoms with Gasteiger partial charge in [0, 0.05) is 12.6 Å². The number of primary amides is 1. The zero-order valence-corrected chi connectivity index (χ0v) is 9.95. The van der Waals surface area contributed by atoms with Crippen molar-refractivity contribution in [2.24, 2.45) is 5.73 Å². The number of ether oxygens (including phenoxy) is 1. The predicted octanol–water partition coefficient (Wildman–Crippen LogP) is 0.964. The van der Waals surface area contributed by atoms with Gasteiger partial charge < -0.3 is 15.8 Å². The first-order valence-corrected chi connectivity index (χ1v) is 5.92. The topological polar surface area (TPSA) is 64.3 Å². The molecule has 0 saturated carbocycles. The van der Waals surface area contributed by atoms with Gasteiger partial charge in [0.05, 0.1) is 6.10 Å². The number of carbonyl (C=O) groups is 1. The van der Waals surface area contributed by atoms with Crippen LogP contribution in [0.4, 0.5) is 0 Å². The van der Waals surface area contributed by atoms with E-state index in [1.54, 1.807) is 0 Å². The Morgan fingerprint density at radius 3 is 3.00 bits per heavy atom. The fourth-order valence-electron chi connectivity index (χ4n) is 1.87. The fourth-order valence-corrected chi connectivity index (χ4v) is 1.87. The van der Waals surface area contributed by atoms with Crippen LogP contribution in [0.25, 0.3) is 0 Å². The largest absolute Gasteiger partial charge is 0.367 e. The molecule has 0 aromatic rings. The third-order valence-corrected chi connectivity index (χ3v) is 2.92. The van der Waals surface area contributed by atoms with Gasteiger partial charge in [0.1, 0.15) is 6.10 Å². The van der Waals surface area contributed by atoms with E-state index in [1.165, 1.54) is 0 Å². The van der Waals surface area contributed by atoms with E-state index in [-0.39, 0.29) is 18.1 Å². The van der Waals surface area contributed by atoms with Crippen LogP contribution in [-0.2, 0) is 9.53 Å². The molecule has 3 N–H and O–H groups in total. The van der Waals surface area contributed by atoms with Gasteiger partial charge in [-0.1, -0.05) is 6.08 Å². The quantitative estimate of drug-likeness (QED) is 0.636. The molecular formula is C12H22N2O2. The van der Waals surface area contributed by atoms with Crippen LogP contribution in [0.2, 0.25) is 0 Å². The van der Waals surface area contributed by atoms with Crippen molar-refractivity contribution in [1.82, 2.24) is 5.32 Å². The van der Waals surface area contributed by atoms with Gasteiger partial charge >= 0.3 is 0 Å². The van der Waals surface area contributed by atoms with E-state index in [2.05, 4.69) is 18.8 Å². The first-order valence-electron chi connectivity index (χ1n) is 5.92. The molecule has 1 rings (SSSR count). The van der Waals surface area contributed by atoms with Gasteiger partial charge in [0.25, 0.3) is 0 Å². The molecule has 4 nitrogen and oxygen atoms in total. The van der Waals surface area contributed by atoms with E-state index < -0.39 is 0 Å². The Morgan fingerprint density at radius 2 is 2.44 bits per heavy atom. The molecular weight excluding hydrogens is 204 g/mol. The van der Waals surface area contributed by atoms with E-state index in [1.807, 2.05) is 6.08 Å². The summed E-state index contributed by atoms with van der Waals surface area (Å²) in [5, 5.41) is 3.39. The number of allylic oxidation sites excluding steroid dienone is 1. The number of hydrogen-bond donors (Lipinski definition) is 2. The molecule has 4 heteroatoms. The molecule has 0 spiro atoms. The second-order valence-corrected chi connectivity index (χ2v) is 4.40. The summed E-state index contributed by atoms with van der Waals surface area (Å²) in [5.74, 6) is -0.345. The second kappa shape index (κ2) is 6.66. The van der Waals surface area contributed by atoms with Crippen LogP contribution in [-0.4, -0.2) is 30.7 Å². The average Bonchev–Trinajstić information content (AvgIpc) is 2.72. The van der Waals surface area contributed by atoms with Gasteiger partial charge in [-0.3, -0.25) is 4.79 Å². The number of nitrogens with one attached hydrogen (secondary N) is 1. The van der Waals surface area contributed by atoms with Gasteiger partial charge in [0.15, 0.2) is 0 Å². The lowest BCUT2D eigenvalue weighted by molar-refractivity contribution is -0.128. The Bertz CT molecular complexity index is 243. The van der Waals surface area contributed by atoms with Crippen LogP contribution in [0.5, 0.6) is 0 Å². The molecule has 1 aliphatic heterocycles. The van der Waals surface area contributed by atoms with E-state index in [4.69, 9.17) is 10.5 Å². The molecule has 0 aliphatic carbocycles. The van der Waals surface area contributed by atoms with Crippen LogP contribution in [0.3, 0.4) is 0 Å². The zero-order valence-electron chi connectivity index (χ0n) is 9.95. The summed E-state index contributed by atoms with van der Waals surface area (Å²) in [4.78, 5) is 10.9. The van der Waals surface area contributed by atoms with Gasteiger partial charge in [-0.2, -0.15) is 0 Å². The minimum absolute atomic E-state index is 0.128. The highest BCUT2D eigenvalue weighted by atomic mass is 16.5. The Kier molecular flexibility index (Phi) is 5.49. The molecule has 1 heterocycles. The van der Waals surface area contributed by atoms with Gasteiger partial charge in [0.2, 0.25) is 5.91 Å². The van der Waals surface area contributed by atoms with Crippen molar-refractivity contribution in [1.29, 1.82) is 0 Å². The Hall–Kier alpha value is -0.870. The summed E-state index contributed by atoms with van der Waals surface area (Å²) in [6, 6.07) is 0.453. The number of hydrogen-bond acceptors (Lipinski definition) is 3. The van der Waals surface area contributed by atoms with Crippen LogP contribution in [0.15, 0.2) is 12.7 Å². The molecule has 1 aliphatic rings. The van der Waals surface area contributed by atoms with Crippen molar-refractivity contribution in [2.45, 2.75) is 50.9 Å². The Labute approximate surface area is 97.2 Å². The Morgan fingerprint density at radius 1 is 1.69 bits per heavy atom. The molecule has 92 valence electrons. The molecule has 0 bridgehead atoms. The first-order chi connectivity index (χ1) is 7.63. The molecule has 1 saturated heterocycles. The first kappa shape index (κ1) is 13.2. The summed E-state index contributed by atoms with van der Waals surface area (Å²) < 4.78 is 5.52. The van der Waals surface area contributed by atoms with Gasteiger partial charge in [-0.25, -0.2) is 0 Å². The minimum Gasteiger partial charge on any atom is -0.367 e. The van der Waals surface area contributed by atoms with E-state index in [0.717, 1.165) is 32.2 Å². The summed E-state index contributed by atoms with van der Waals surface area (Å²) in [6.07, 6.45) is 5.43. The number of amides is 1. The third kappa shape index (κ3) is 4.33. The molecule has 1 fully saturated rings. The smallest absolute Gasteiger partial charge is 0.246 e. The maximum atomic E-state index is 10.9. The Balaban J connectivity index is 2.14. The third-order valence-electron chi connectivity index (χ3n) is 2.92.